The van der Waals surface area contributed by atoms with E-state index in [1.54, 1.807) is 10.8 Å². The summed E-state index contributed by atoms with van der Waals surface area (Å²) < 4.78 is 2.33. The molecule has 0 amide bonds. The molecule has 0 saturated carbocycles. The van der Waals surface area contributed by atoms with Crippen LogP contribution in [0, 0.1) is 10.5 Å². The molecule has 1 heterocycles. The van der Waals surface area contributed by atoms with Gasteiger partial charge in [0.05, 0.1) is 3.57 Å². The molecule has 11 heavy (non-hydrogen) atoms. The minimum atomic E-state index is 0.0561. The molecule has 0 aromatic carbocycles. The predicted molar refractivity (Wildman–Crippen MR) is 51.6 cm³/mol. The van der Waals surface area contributed by atoms with Crippen LogP contribution in [0.4, 0.5) is 0 Å². The molecule has 0 atom stereocenters. The highest BCUT2D eigenvalue weighted by Gasteiger charge is 2.01. The highest BCUT2D eigenvalue weighted by Crippen LogP contribution is 1.96. The van der Waals surface area contributed by atoms with E-state index in [0.717, 1.165) is 5.82 Å². The Labute approximate surface area is 78.6 Å². The number of nitrogens with zero attached hydrogens (tertiary/aromatic N) is 2. The van der Waals surface area contributed by atoms with Crippen molar-refractivity contribution in [1.29, 1.82) is 0 Å². The van der Waals surface area contributed by atoms with Gasteiger partial charge in [0.1, 0.15) is 5.82 Å². The van der Waals surface area contributed by atoms with Crippen LogP contribution >= 0.6 is 22.6 Å². The molecule has 0 aliphatic carbocycles. The fraction of sp³-hybridized carbons (Fsp3) is 0.429. The SMILES string of the molecule is CCn1c(C)ncc(I)c1=O. The van der Waals surface area contributed by atoms with E-state index >= 15 is 0 Å². The summed E-state index contributed by atoms with van der Waals surface area (Å²) >= 11 is 1.99. The van der Waals surface area contributed by atoms with Crippen molar-refractivity contribution >= 4 is 22.6 Å². The Hall–Kier alpha value is -0.390. The molecule has 0 aliphatic heterocycles. The van der Waals surface area contributed by atoms with Crippen molar-refractivity contribution in [2.75, 3.05) is 0 Å². The van der Waals surface area contributed by atoms with Gasteiger partial charge in [-0.2, -0.15) is 0 Å². The van der Waals surface area contributed by atoms with E-state index in [1.807, 2.05) is 36.4 Å². The monoisotopic (exact) mass is 264 g/mol. The average Bonchev–Trinajstić information content (AvgIpc) is 1.99. The van der Waals surface area contributed by atoms with Crippen LogP contribution in [-0.4, -0.2) is 9.55 Å². The smallest absolute Gasteiger partial charge is 0.266 e. The first-order valence-corrected chi connectivity index (χ1v) is 4.46. The van der Waals surface area contributed by atoms with E-state index < -0.39 is 0 Å². The standard InChI is InChI=1S/C7H9IN2O/c1-3-10-5(2)9-4-6(8)7(10)11/h4H,3H2,1-2H3. The lowest BCUT2D eigenvalue weighted by atomic mass is 10.5. The van der Waals surface area contributed by atoms with Crippen molar-refractivity contribution in [2.45, 2.75) is 20.4 Å². The van der Waals surface area contributed by atoms with Gasteiger partial charge in [-0.05, 0) is 36.4 Å². The maximum atomic E-state index is 11.3. The summed E-state index contributed by atoms with van der Waals surface area (Å²) in [6.07, 6.45) is 1.60. The Balaban J connectivity index is 3.41. The van der Waals surface area contributed by atoms with Crippen molar-refractivity contribution in [3.05, 3.63) is 25.9 Å². The van der Waals surface area contributed by atoms with Crippen LogP contribution in [0.1, 0.15) is 12.7 Å². The Morgan fingerprint density at radius 2 is 2.36 bits per heavy atom. The van der Waals surface area contributed by atoms with E-state index in [-0.39, 0.29) is 5.56 Å². The van der Waals surface area contributed by atoms with E-state index in [9.17, 15) is 4.79 Å². The maximum Gasteiger partial charge on any atom is 0.266 e. The molecule has 0 fully saturated rings. The highest BCUT2D eigenvalue weighted by atomic mass is 127. The number of aromatic nitrogens is 2. The Morgan fingerprint density at radius 3 is 2.82 bits per heavy atom. The third kappa shape index (κ3) is 1.61. The molecule has 60 valence electrons. The summed E-state index contributed by atoms with van der Waals surface area (Å²) in [6.45, 7) is 4.46. The van der Waals surface area contributed by atoms with Gasteiger partial charge in [0.2, 0.25) is 0 Å². The Bertz CT molecular complexity index is 319. The molecular formula is C7H9IN2O. The predicted octanol–water partition coefficient (Wildman–Crippen LogP) is 1.18. The van der Waals surface area contributed by atoms with Crippen LogP contribution in [-0.2, 0) is 6.54 Å². The first-order chi connectivity index (χ1) is 5.16. The third-order valence-electron chi connectivity index (χ3n) is 1.52. The fourth-order valence-corrected chi connectivity index (χ4v) is 1.35. The summed E-state index contributed by atoms with van der Waals surface area (Å²) in [5.74, 6) is 0.776. The summed E-state index contributed by atoms with van der Waals surface area (Å²) in [4.78, 5) is 15.4. The zero-order valence-corrected chi connectivity index (χ0v) is 8.62. The van der Waals surface area contributed by atoms with Gasteiger partial charge in [-0.1, -0.05) is 0 Å². The van der Waals surface area contributed by atoms with Gasteiger partial charge >= 0.3 is 0 Å². The summed E-state index contributed by atoms with van der Waals surface area (Å²) in [6, 6.07) is 0. The normalized spacial score (nSPS) is 10.1. The van der Waals surface area contributed by atoms with Crippen LogP contribution in [0.5, 0.6) is 0 Å². The lowest BCUT2D eigenvalue weighted by Crippen LogP contribution is -2.24. The Kier molecular flexibility index (Phi) is 2.64. The second kappa shape index (κ2) is 3.34. The van der Waals surface area contributed by atoms with Crippen LogP contribution in [0.25, 0.3) is 0 Å². The Morgan fingerprint density at radius 1 is 1.73 bits per heavy atom. The molecule has 1 aromatic heterocycles. The van der Waals surface area contributed by atoms with Gasteiger partial charge in [-0.15, -0.1) is 0 Å². The van der Waals surface area contributed by atoms with Crippen molar-refractivity contribution in [1.82, 2.24) is 9.55 Å². The zero-order valence-electron chi connectivity index (χ0n) is 6.47. The van der Waals surface area contributed by atoms with Gasteiger partial charge in [0.25, 0.3) is 5.56 Å². The first-order valence-electron chi connectivity index (χ1n) is 3.38. The van der Waals surface area contributed by atoms with Crippen LogP contribution in [0.3, 0.4) is 0 Å². The lowest BCUT2D eigenvalue weighted by Gasteiger charge is -2.04. The average molecular weight is 264 g/mol. The second-order valence-electron chi connectivity index (χ2n) is 2.20. The van der Waals surface area contributed by atoms with Gasteiger partial charge in [-0.3, -0.25) is 9.36 Å². The van der Waals surface area contributed by atoms with E-state index in [0.29, 0.717) is 10.1 Å². The topological polar surface area (TPSA) is 34.9 Å². The molecule has 4 heteroatoms. The highest BCUT2D eigenvalue weighted by molar-refractivity contribution is 14.1. The maximum absolute atomic E-state index is 11.3. The molecule has 1 aromatic rings. The van der Waals surface area contributed by atoms with Crippen molar-refractivity contribution < 1.29 is 0 Å². The summed E-state index contributed by atoms with van der Waals surface area (Å²) in [7, 11) is 0. The molecule has 0 unspecified atom stereocenters. The molecule has 0 N–H and O–H groups in total. The van der Waals surface area contributed by atoms with Crippen molar-refractivity contribution in [3.8, 4) is 0 Å². The van der Waals surface area contributed by atoms with Gasteiger partial charge in [0.15, 0.2) is 0 Å². The number of hydrogen-bond acceptors (Lipinski definition) is 2. The number of rotatable bonds is 1. The lowest BCUT2D eigenvalue weighted by molar-refractivity contribution is 0.669. The molecule has 0 saturated heterocycles. The van der Waals surface area contributed by atoms with E-state index in [1.165, 1.54) is 0 Å². The molecular weight excluding hydrogens is 255 g/mol. The zero-order chi connectivity index (χ0) is 8.43. The first kappa shape index (κ1) is 8.70. The summed E-state index contributed by atoms with van der Waals surface area (Å²) in [5.41, 5.74) is 0.0561. The second-order valence-corrected chi connectivity index (χ2v) is 3.36. The quantitative estimate of drug-likeness (QED) is 0.714. The van der Waals surface area contributed by atoms with Crippen molar-refractivity contribution in [3.63, 3.8) is 0 Å². The molecule has 0 spiro atoms. The summed E-state index contributed by atoms with van der Waals surface area (Å²) in [5, 5.41) is 0. The van der Waals surface area contributed by atoms with Crippen LogP contribution in [0.15, 0.2) is 11.0 Å². The molecule has 3 nitrogen and oxygen atoms in total. The number of aryl methyl sites for hydroxylation is 1. The largest absolute Gasteiger partial charge is 0.296 e. The van der Waals surface area contributed by atoms with E-state index in [4.69, 9.17) is 0 Å². The van der Waals surface area contributed by atoms with Gasteiger partial charge in [-0.25, -0.2) is 4.98 Å². The minimum absolute atomic E-state index is 0.0561. The number of halogens is 1. The minimum Gasteiger partial charge on any atom is -0.296 e. The van der Waals surface area contributed by atoms with Gasteiger partial charge < -0.3 is 0 Å². The fourth-order valence-electron chi connectivity index (χ4n) is 0.923. The number of hydrogen-bond donors (Lipinski definition) is 0. The van der Waals surface area contributed by atoms with Crippen LogP contribution < -0.4 is 5.56 Å². The molecule has 0 aliphatic rings. The third-order valence-corrected chi connectivity index (χ3v) is 2.26. The molecule has 1 rings (SSSR count). The van der Waals surface area contributed by atoms with Gasteiger partial charge in [0, 0.05) is 12.7 Å². The van der Waals surface area contributed by atoms with Crippen molar-refractivity contribution in [2.24, 2.45) is 0 Å². The molecule has 0 radical (unpaired) electrons. The van der Waals surface area contributed by atoms with E-state index in [2.05, 4.69) is 4.98 Å². The molecule has 0 bridgehead atoms. The van der Waals surface area contributed by atoms with Crippen LogP contribution in [0.2, 0.25) is 0 Å².